The zero-order valence-corrected chi connectivity index (χ0v) is 11.4. The van der Waals surface area contributed by atoms with E-state index in [1.165, 1.54) is 0 Å². The van der Waals surface area contributed by atoms with Crippen molar-refractivity contribution in [3.8, 4) is 0 Å². The first-order valence-corrected chi connectivity index (χ1v) is 6.62. The number of piperidine rings is 1. The summed E-state index contributed by atoms with van der Waals surface area (Å²) in [5.74, 6) is -0.0730. The molecule has 1 N–H and O–H groups in total. The van der Waals surface area contributed by atoms with Gasteiger partial charge in [-0.05, 0) is 24.6 Å². The topological polar surface area (TPSA) is 49.4 Å². The molecule has 2 aliphatic rings. The lowest BCUT2D eigenvalue weighted by Crippen LogP contribution is -2.45. The fraction of sp³-hybridized carbons (Fsp3) is 0.250. The minimum absolute atomic E-state index is 0.0362. The SMILES string of the molecule is C=C1NC(=O)CCC1N1C(=O)c2cccc(=C)c2=C1C. The van der Waals surface area contributed by atoms with Gasteiger partial charge in [0.25, 0.3) is 5.91 Å². The number of benzene rings is 1. The van der Waals surface area contributed by atoms with Gasteiger partial charge in [-0.25, -0.2) is 0 Å². The van der Waals surface area contributed by atoms with Gasteiger partial charge in [0.1, 0.15) is 0 Å². The van der Waals surface area contributed by atoms with Gasteiger partial charge in [0.2, 0.25) is 5.91 Å². The number of hydrogen-bond acceptors (Lipinski definition) is 2. The molecule has 1 fully saturated rings. The summed E-state index contributed by atoms with van der Waals surface area (Å²) in [5.41, 5.74) is 2.16. The Hall–Kier alpha value is -2.36. The van der Waals surface area contributed by atoms with Crippen molar-refractivity contribution in [2.24, 2.45) is 0 Å². The molecule has 0 spiro atoms. The number of amides is 2. The first-order valence-electron chi connectivity index (χ1n) is 6.62. The summed E-state index contributed by atoms with van der Waals surface area (Å²) in [6.45, 7) is 9.80. The van der Waals surface area contributed by atoms with Gasteiger partial charge in [-0.15, -0.1) is 0 Å². The molecule has 20 heavy (non-hydrogen) atoms. The summed E-state index contributed by atoms with van der Waals surface area (Å²) in [6, 6.07) is 5.39. The van der Waals surface area contributed by atoms with Crippen LogP contribution in [0.15, 0.2) is 30.5 Å². The molecule has 1 unspecified atom stereocenters. The monoisotopic (exact) mass is 268 g/mol. The fourth-order valence-corrected chi connectivity index (χ4v) is 3.04. The molecule has 0 saturated carbocycles. The van der Waals surface area contributed by atoms with E-state index in [4.69, 9.17) is 0 Å². The largest absolute Gasteiger partial charge is 0.328 e. The van der Waals surface area contributed by atoms with E-state index in [0.717, 1.165) is 16.1 Å². The average Bonchev–Trinajstić information content (AvgIpc) is 2.64. The average molecular weight is 268 g/mol. The van der Waals surface area contributed by atoms with Crippen LogP contribution < -0.4 is 15.8 Å². The summed E-state index contributed by atoms with van der Waals surface area (Å²) in [6.07, 6.45) is 1.02. The summed E-state index contributed by atoms with van der Waals surface area (Å²) >= 11 is 0. The number of hydrogen-bond donors (Lipinski definition) is 1. The Morgan fingerprint density at radius 3 is 2.70 bits per heavy atom. The number of carbonyl (C=O) groups excluding carboxylic acids is 2. The predicted molar refractivity (Wildman–Crippen MR) is 76.8 cm³/mol. The second-order valence-corrected chi connectivity index (χ2v) is 5.23. The lowest BCUT2D eigenvalue weighted by atomic mass is 10.0. The molecule has 0 radical (unpaired) electrons. The third-order valence-electron chi connectivity index (χ3n) is 3.98. The molecule has 4 nitrogen and oxygen atoms in total. The highest BCUT2D eigenvalue weighted by Crippen LogP contribution is 2.26. The van der Waals surface area contributed by atoms with Crippen LogP contribution in [0.25, 0.3) is 12.3 Å². The maximum Gasteiger partial charge on any atom is 0.259 e. The summed E-state index contributed by atoms with van der Waals surface area (Å²) in [7, 11) is 0. The Kier molecular flexibility index (Phi) is 2.74. The van der Waals surface area contributed by atoms with Crippen LogP contribution in [-0.4, -0.2) is 22.8 Å². The van der Waals surface area contributed by atoms with Crippen molar-refractivity contribution in [2.45, 2.75) is 25.8 Å². The van der Waals surface area contributed by atoms with Gasteiger partial charge in [-0.3, -0.25) is 9.59 Å². The minimum atomic E-state index is -0.174. The molecule has 0 bridgehead atoms. The molecule has 1 aromatic rings. The van der Waals surface area contributed by atoms with Gasteiger partial charge in [0, 0.05) is 28.6 Å². The number of carbonyl (C=O) groups is 2. The summed E-state index contributed by atoms with van der Waals surface area (Å²) in [5, 5.41) is 4.49. The molecule has 0 aliphatic carbocycles. The normalized spacial score (nSPS) is 22.1. The summed E-state index contributed by atoms with van der Waals surface area (Å²) in [4.78, 5) is 25.7. The van der Waals surface area contributed by atoms with E-state index in [9.17, 15) is 9.59 Å². The van der Waals surface area contributed by atoms with E-state index in [-0.39, 0.29) is 17.9 Å². The highest BCUT2D eigenvalue weighted by atomic mass is 16.2. The van der Waals surface area contributed by atoms with Gasteiger partial charge in [0.15, 0.2) is 0 Å². The van der Waals surface area contributed by atoms with Crippen molar-refractivity contribution in [1.82, 2.24) is 10.2 Å². The van der Waals surface area contributed by atoms with Crippen molar-refractivity contribution in [3.05, 3.63) is 46.5 Å². The quantitative estimate of drug-likeness (QED) is 0.805. The molecule has 4 heteroatoms. The lowest BCUT2D eigenvalue weighted by molar-refractivity contribution is -0.121. The lowest BCUT2D eigenvalue weighted by Gasteiger charge is -2.33. The number of nitrogens with one attached hydrogen (secondary N) is 1. The zero-order valence-electron chi connectivity index (χ0n) is 11.4. The Morgan fingerprint density at radius 2 is 2.05 bits per heavy atom. The minimum Gasteiger partial charge on any atom is -0.328 e. The molecule has 2 heterocycles. The van der Waals surface area contributed by atoms with Gasteiger partial charge in [-0.1, -0.05) is 25.3 Å². The van der Waals surface area contributed by atoms with E-state index < -0.39 is 0 Å². The van der Waals surface area contributed by atoms with Crippen LogP contribution in [0.5, 0.6) is 0 Å². The van der Waals surface area contributed by atoms with E-state index in [1.54, 1.807) is 4.90 Å². The number of nitrogens with zero attached hydrogens (tertiary/aromatic N) is 1. The first-order chi connectivity index (χ1) is 9.50. The van der Waals surface area contributed by atoms with Crippen molar-refractivity contribution in [2.75, 3.05) is 0 Å². The molecule has 102 valence electrons. The predicted octanol–water partition coefficient (Wildman–Crippen LogP) is 0.473. The molecule has 1 saturated heterocycles. The van der Waals surface area contributed by atoms with Crippen LogP contribution in [0.3, 0.4) is 0 Å². The highest BCUT2D eigenvalue weighted by Gasteiger charge is 2.36. The standard InChI is InChI=1S/C16H16N2O2/c1-9-5-4-6-12-15(9)11(3)18(16(12)20)13-7-8-14(19)17-10(13)2/h4-6,13H,1-2,7-8H2,3H3,(H,17,19). The van der Waals surface area contributed by atoms with Crippen LogP contribution in [0.1, 0.15) is 30.1 Å². The molecule has 1 aromatic carbocycles. The van der Waals surface area contributed by atoms with E-state index in [1.807, 2.05) is 25.1 Å². The van der Waals surface area contributed by atoms with Gasteiger partial charge >= 0.3 is 0 Å². The van der Waals surface area contributed by atoms with Crippen molar-refractivity contribution in [1.29, 1.82) is 0 Å². The van der Waals surface area contributed by atoms with E-state index >= 15 is 0 Å². The Morgan fingerprint density at radius 1 is 1.30 bits per heavy atom. The molecule has 0 aromatic heterocycles. The second kappa shape index (κ2) is 4.34. The van der Waals surface area contributed by atoms with Crippen LogP contribution >= 0.6 is 0 Å². The smallest absolute Gasteiger partial charge is 0.259 e. The van der Waals surface area contributed by atoms with Gasteiger partial charge < -0.3 is 10.2 Å². The first kappa shape index (κ1) is 12.7. The van der Waals surface area contributed by atoms with Crippen molar-refractivity contribution >= 4 is 24.1 Å². The molecular formula is C16H16N2O2. The molecular weight excluding hydrogens is 252 g/mol. The van der Waals surface area contributed by atoms with Crippen LogP contribution in [0.2, 0.25) is 0 Å². The van der Waals surface area contributed by atoms with Crippen molar-refractivity contribution < 1.29 is 9.59 Å². The molecule has 2 amide bonds. The summed E-state index contributed by atoms with van der Waals surface area (Å²) < 4.78 is 0. The van der Waals surface area contributed by atoms with E-state index in [0.29, 0.717) is 24.1 Å². The molecule has 2 aliphatic heterocycles. The Bertz CT molecular complexity index is 748. The third kappa shape index (κ3) is 1.68. The van der Waals surface area contributed by atoms with Gasteiger partial charge in [0.05, 0.1) is 6.04 Å². The fourth-order valence-electron chi connectivity index (χ4n) is 3.04. The van der Waals surface area contributed by atoms with Crippen molar-refractivity contribution in [3.63, 3.8) is 0 Å². The van der Waals surface area contributed by atoms with Crippen LogP contribution in [0.4, 0.5) is 0 Å². The molecule has 3 rings (SSSR count). The van der Waals surface area contributed by atoms with E-state index in [2.05, 4.69) is 18.5 Å². The number of fused-ring (bicyclic) bond motifs is 1. The van der Waals surface area contributed by atoms with Gasteiger partial charge in [-0.2, -0.15) is 0 Å². The molecule has 1 atom stereocenters. The Labute approximate surface area is 117 Å². The van der Waals surface area contributed by atoms with Crippen LogP contribution in [-0.2, 0) is 4.79 Å². The Balaban J connectivity index is 2.09. The highest BCUT2D eigenvalue weighted by molar-refractivity contribution is 6.03. The number of rotatable bonds is 1. The van der Waals surface area contributed by atoms with Crippen LogP contribution in [0, 0.1) is 0 Å². The maximum absolute atomic E-state index is 12.6. The third-order valence-corrected chi connectivity index (χ3v) is 3.98. The maximum atomic E-state index is 12.6. The zero-order chi connectivity index (χ0) is 14.4. The second-order valence-electron chi connectivity index (χ2n) is 5.23.